The Morgan fingerprint density at radius 3 is 2.06 bits per heavy atom. The van der Waals surface area contributed by atoms with Crippen molar-refractivity contribution in [1.29, 1.82) is 0 Å². The van der Waals surface area contributed by atoms with E-state index in [1.54, 1.807) is 4.90 Å². The number of carbonyl (C=O) groups excluding carboxylic acids is 2. The van der Waals surface area contributed by atoms with Crippen molar-refractivity contribution in [2.24, 2.45) is 5.73 Å². The SMILES string of the molecule is CC(C)(C)OC(=O)N(CCCN1C=C(CN)C1)CCCN(C(=O)OC(C)(C)C)C1CCCCC1. The lowest BCUT2D eigenvalue weighted by atomic mass is 9.94. The summed E-state index contributed by atoms with van der Waals surface area (Å²) in [5.41, 5.74) is 5.84. The summed E-state index contributed by atoms with van der Waals surface area (Å²) in [6, 6.07) is 0.216. The number of nitrogens with zero attached hydrogens (tertiary/aromatic N) is 3. The van der Waals surface area contributed by atoms with Gasteiger partial charge in [-0.2, -0.15) is 0 Å². The molecule has 2 rings (SSSR count). The summed E-state index contributed by atoms with van der Waals surface area (Å²) in [5, 5.41) is 0. The van der Waals surface area contributed by atoms with E-state index >= 15 is 0 Å². The molecule has 0 saturated heterocycles. The molecule has 8 nitrogen and oxygen atoms in total. The molecule has 196 valence electrons. The smallest absolute Gasteiger partial charge is 0.410 e. The molecule has 2 amide bonds. The van der Waals surface area contributed by atoms with Gasteiger partial charge in [-0.25, -0.2) is 9.59 Å². The molecule has 1 fully saturated rings. The summed E-state index contributed by atoms with van der Waals surface area (Å²) in [7, 11) is 0. The lowest BCUT2D eigenvalue weighted by Crippen LogP contribution is -2.46. The Labute approximate surface area is 206 Å². The molecule has 34 heavy (non-hydrogen) atoms. The fourth-order valence-electron chi connectivity index (χ4n) is 4.41. The van der Waals surface area contributed by atoms with E-state index in [2.05, 4.69) is 11.1 Å². The maximum absolute atomic E-state index is 13.0. The van der Waals surface area contributed by atoms with Gasteiger partial charge in [0.15, 0.2) is 0 Å². The van der Waals surface area contributed by atoms with Crippen molar-refractivity contribution in [3.63, 3.8) is 0 Å². The third kappa shape index (κ3) is 10.1. The first-order chi connectivity index (χ1) is 15.9. The van der Waals surface area contributed by atoms with Crippen LogP contribution in [0.5, 0.6) is 0 Å². The number of ether oxygens (including phenoxy) is 2. The minimum atomic E-state index is -0.545. The highest BCUT2D eigenvalue weighted by atomic mass is 16.6. The van der Waals surface area contributed by atoms with Crippen molar-refractivity contribution in [2.75, 3.05) is 39.3 Å². The fraction of sp³-hybridized carbons (Fsp3) is 0.846. The van der Waals surface area contributed by atoms with Crippen molar-refractivity contribution in [1.82, 2.24) is 14.7 Å². The minimum absolute atomic E-state index is 0.216. The lowest BCUT2D eigenvalue weighted by molar-refractivity contribution is 0.00994. The molecule has 1 heterocycles. The van der Waals surface area contributed by atoms with Gasteiger partial charge in [-0.3, -0.25) is 0 Å². The molecule has 1 aliphatic carbocycles. The van der Waals surface area contributed by atoms with Crippen molar-refractivity contribution in [2.45, 2.75) is 104 Å². The van der Waals surface area contributed by atoms with Crippen LogP contribution in [0.4, 0.5) is 9.59 Å². The molecule has 1 saturated carbocycles. The van der Waals surface area contributed by atoms with E-state index in [-0.39, 0.29) is 18.2 Å². The monoisotopic (exact) mass is 480 g/mol. The second kappa shape index (κ2) is 12.7. The first-order valence-electron chi connectivity index (χ1n) is 13.0. The Hall–Kier alpha value is -1.96. The number of carbonyl (C=O) groups is 2. The summed E-state index contributed by atoms with van der Waals surface area (Å²) in [5.74, 6) is 0. The standard InChI is InChI=1S/C26H48N4O4/c1-25(2,3)33-23(31)29(15-10-14-28-19-21(18-27)20-28)16-11-17-30(22-12-8-7-9-13-22)24(32)34-26(4,5)6/h19,22H,7-18,20,27H2,1-6H3. The second-order valence-corrected chi connectivity index (χ2v) is 11.6. The molecule has 0 aromatic carbocycles. The van der Waals surface area contributed by atoms with Gasteiger partial charge in [-0.05, 0) is 72.8 Å². The predicted octanol–water partition coefficient (Wildman–Crippen LogP) is 4.73. The topological polar surface area (TPSA) is 88.3 Å². The summed E-state index contributed by atoms with van der Waals surface area (Å²) >= 11 is 0. The molecular weight excluding hydrogens is 432 g/mol. The first kappa shape index (κ1) is 28.3. The molecule has 0 aromatic heterocycles. The van der Waals surface area contributed by atoms with Gasteiger partial charge < -0.3 is 29.9 Å². The first-order valence-corrected chi connectivity index (χ1v) is 13.0. The van der Waals surface area contributed by atoms with E-state index in [0.29, 0.717) is 32.6 Å². The predicted molar refractivity (Wildman–Crippen MR) is 136 cm³/mol. The Balaban J connectivity index is 1.95. The number of nitrogens with two attached hydrogens (primary N) is 1. The summed E-state index contributed by atoms with van der Waals surface area (Å²) < 4.78 is 11.4. The van der Waals surface area contributed by atoms with Crippen LogP contribution in [0.25, 0.3) is 0 Å². The molecule has 0 unspecified atom stereocenters. The Morgan fingerprint density at radius 2 is 1.50 bits per heavy atom. The quantitative estimate of drug-likeness (QED) is 0.486. The van der Waals surface area contributed by atoms with Crippen LogP contribution in [-0.2, 0) is 9.47 Å². The van der Waals surface area contributed by atoms with Crippen LogP contribution in [-0.4, -0.2) is 83.4 Å². The van der Waals surface area contributed by atoms with Crippen molar-refractivity contribution >= 4 is 12.2 Å². The largest absolute Gasteiger partial charge is 0.444 e. The van der Waals surface area contributed by atoms with Gasteiger partial charge in [-0.1, -0.05) is 19.3 Å². The number of rotatable bonds is 10. The Morgan fingerprint density at radius 1 is 0.941 bits per heavy atom. The van der Waals surface area contributed by atoms with Crippen LogP contribution in [0, 0.1) is 0 Å². The molecule has 2 aliphatic rings. The van der Waals surface area contributed by atoms with Crippen molar-refractivity contribution in [3.8, 4) is 0 Å². The van der Waals surface area contributed by atoms with Crippen molar-refractivity contribution in [3.05, 3.63) is 11.8 Å². The van der Waals surface area contributed by atoms with Gasteiger partial charge in [0.2, 0.25) is 0 Å². The molecule has 1 aliphatic heterocycles. The second-order valence-electron chi connectivity index (χ2n) is 11.6. The van der Waals surface area contributed by atoms with E-state index in [1.165, 1.54) is 12.0 Å². The van der Waals surface area contributed by atoms with E-state index in [9.17, 15) is 9.59 Å². The normalized spacial score (nSPS) is 17.0. The van der Waals surface area contributed by atoms with Gasteiger partial charge in [0.25, 0.3) is 0 Å². The molecular formula is C26H48N4O4. The summed E-state index contributed by atoms with van der Waals surface area (Å²) in [4.78, 5) is 31.8. The molecule has 0 spiro atoms. The van der Waals surface area contributed by atoms with E-state index in [4.69, 9.17) is 15.2 Å². The van der Waals surface area contributed by atoms with Crippen LogP contribution in [0.3, 0.4) is 0 Å². The molecule has 0 radical (unpaired) electrons. The zero-order chi connectivity index (χ0) is 25.4. The molecule has 8 heteroatoms. The molecule has 0 aromatic rings. The molecule has 0 bridgehead atoms. The summed E-state index contributed by atoms with van der Waals surface area (Å²) in [6.07, 6.45) is 8.65. The maximum atomic E-state index is 13.0. The average molecular weight is 481 g/mol. The highest BCUT2D eigenvalue weighted by Crippen LogP contribution is 2.25. The number of hydrogen-bond acceptors (Lipinski definition) is 6. The van der Waals surface area contributed by atoms with E-state index < -0.39 is 11.2 Å². The Bertz CT molecular complexity index is 690. The minimum Gasteiger partial charge on any atom is -0.444 e. The van der Waals surface area contributed by atoms with Gasteiger partial charge in [0.1, 0.15) is 11.2 Å². The molecule has 2 N–H and O–H groups in total. The van der Waals surface area contributed by atoms with Gasteiger partial charge in [0, 0.05) is 51.5 Å². The highest BCUT2D eigenvalue weighted by molar-refractivity contribution is 5.69. The van der Waals surface area contributed by atoms with Gasteiger partial charge >= 0.3 is 12.2 Å². The molecule has 0 atom stereocenters. The highest BCUT2D eigenvalue weighted by Gasteiger charge is 2.30. The van der Waals surface area contributed by atoms with Crippen LogP contribution >= 0.6 is 0 Å². The third-order valence-corrected chi connectivity index (χ3v) is 6.03. The fourth-order valence-corrected chi connectivity index (χ4v) is 4.41. The van der Waals surface area contributed by atoms with Crippen molar-refractivity contribution < 1.29 is 19.1 Å². The van der Waals surface area contributed by atoms with Crippen LogP contribution < -0.4 is 5.73 Å². The zero-order valence-corrected chi connectivity index (χ0v) is 22.4. The summed E-state index contributed by atoms with van der Waals surface area (Å²) in [6.45, 7) is 15.5. The van der Waals surface area contributed by atoms with Crippen LogP contribution in [0.1, 0.15) is 86.5 Å². The van der Waals surface area contributed by atoms with Crippen LogP contribution in [0.15, 0.2) is 11.8 Å². The van der Waals surface area contributed by atoms with Crippen LogP contribution in [0.2, 0.25) is 0 Å². The number of amides is 2. The van der Waals surface area contributed by atoms with E-state index in [0.717, 1.165) is 45.2 Å². The lowest BCUT2D eigenvalue weighted by Gasteiger charge is -2.36. The zero-order valence-electron chi connectivity index (χ0n) is 22.4. The average Bonchev–Trinajstić information content (AvgIpc) is 2.69. The Kier molecular flexibility index (Phi) is 10.5. The van der Waals surface area contributed by atoms with Gasteiger partial charge in [0.05, 0.1) is 0 Å². The van der Waals surface area contributed by atoms with Gasteiger partial charge in [-0.15, -0.1) is 0 Å². The number of hydrogen-bond donors (Lipinski definition) is 1. The third-order valence-electron chi connectivity index (χ3n) is 6.03. The van der Waals surface area contributed by atoms with E-state index in [1.807, 2.05) is 46.4 Å². The maximum Gasteiger partial charge on any atom is 0.410 e.